The van der Waals surface area contributed by atoms with Crippen LogP contribution < -0.4 is 31.9 Å². The number of nitrogens with two attached hydrogens (primary N) is 1. The topological polar surface area (TPSA) is 126 Å². The standard InChI is InChI=1S/C25H24F2N6O4/c1-36-19-8-4-16(5-9-19)14-32-23(30-13-18-3-2-12-29-21(18)28)31-24(34)33(25(32)35)15-17-6-10-20(11-7-17)37-22(26)27/h2-12,22H,13-15H2,1H3,(H2,28,29)(H,30,31,34). The Morgan fingerprint density at radius 3 is 2.16 bits per heavy atom. The molecule has 0 spiro atoms. The zero-order valence-electron chi connectivity index (χ0n) is 19.8. The van der Waals surface area contributed by atoms with Crippen molar-refractivity contribution >= 4 is 11.8 Å². The van der Waals surface area contributed by atoms with E-state index in [9.17, 15) is 18.4 Å². The van der Waals surface area contributed by atoms with Crippen molar-refractivity contribution in [1.82, 2.24) is 19.1 Å². The Bertz CT molecular complexity index is 1470. The van der Waals surface area contributed by atoms with E-state index in [0.29, 0.717) is 22.7 Å². The molecule has 2 heterocycles. The summed E-state index contributed by atoms with van der Waals surface area (Å²) in [5.41, 5.74) is 6.50. The number of benzene rings is 2. The van der Waals surface area contributed by atoms with Crippen LogP contribution in [0.1, 0.15) is 16.7 Å². The number of rotatable bonds is 10. The molecule has 0 aliphatic rings. The third-order valence-electron chi connectivity index (χ3n) is 5.50. The van der Waals surface area contributed by atoms with Crippen molar-refractivity contribution in [3.63, 3.8) is 0 Å². The summed E-state index contributed by atoms with van der Waals surface area (Å²) in [7, 11) is 1.55. The lowest BCUT2D eigenvalue weighted by Crippen LogP contribution is -2.43. The molecule has 0 saturated heterocycles. The van der Waals surface area contributed by atoms with Crippen LogP contribution in [-0.2, 0) is 19.6 Å². The maximum Gasteiger partial charge on any atom is 0.387 e. The molecular weight excluding hydrogens is 486 g/mol. The van der Waals surface area contributed by atoms with Gasteiger partial charge in [0.05, 0.1) is 20.2 Å². The summed E-state index contributed by atoms with van der Waals surface area (Å²) in [5.74, 6) is 0.997. The first kappa shape index (κ1) is 25.4. The molecule has 3 N–H and O–H groups in total. The number of nitrogen functional groups attached to an aromatic ring is 1. The molecule has 0 saturated carbocycles. The van der Waals surface area contributed by atoms with Crippen LogP contribution in [0, 0.1) is 0 Å². The Morgan fingerprint density at radius 1 is 0.946 bits per heavy atom. The highest BCUT2D eigenvalue weighted by Gasteiger charge is 2.15. The molecule has 4 aromatic rings. The fourth-order valence-corrected chi connectivity index (χ4v) is 3.59. The first-order valence-corrected chi connectivity index (χ1v) is 11.2. The number of nitrogens with zero attached hydrogens (tertiary/aromatic N) is 4. The average molecular weight is 511 g/mol. The second-order valence-corrected chi connectivity index (χ2v) is 7.94. The summed E-state index contributed by atoms with van der Waals surface area (Å²) in [5, 5.41) is 3.02. The van der Waals surface area contributed by atoms with Crippen molar-refractivity contribution in [2.24, 2.45) is 0 Å². The lowest BCUT2D eigenvalue weighted by Gasteiger charge is -2.16. The van der Waals surface area contributed by atoms with Crippen molar-refractivity contribution in [1.29, 1.82) is 0 Å². The van der Waals surface area contributed by atoms with Crippen LogP contribution in [0.25, 0.3) is 0 Å². The van der Waals surface area contributed by atoms with Gasteiger partial charge in [0, 0.05) is 18.3 Å². The number of hydrogen-bond acceptors (Lipinski definition) is 8. The molecule has 0 aliphatic heterocycles. The van der Waals surface area contributed by atoms with E-state index >= 15 is 0 Å². The number of pyridine rings is 1. The zero-order chi connectivity index (χ0) is 26.4. The zero-order valence-corrected chi connectivity index (χ0v) is 19.8. The SMILES string of the molecule is COc1ccc(Cn2c(NCc3cccnc3N)nc(=O)n(Cc3ccc(OC(F)F)cc3)c2=O)cc1. The van der Waals surface area contributed by atoms with Gasteiger partial charge in [-0.2, -0.15) is 13.8 Å². The number of anilines is 2. The molecule has 0 atom stereocenters. The highest BCUT2D eigenvalue weighted by atomic mass is 19.3. The van der Waals surface area contributed by atoms with Gasteiger partial charge in [-0.1, -0.05) is 30.3 Å². The van der Waals surface area contributed by atoms with Gasteiger partial charge >= 0.3 is 18.0 Å². The Balaban J connectivity index is 1.68. The minimum absolute atomic E-state index is 0.0321. The lowest BCUT2D eigenvalue weighted by atomic mass is 10.2. The highest BCUT2D eigenvalue weighted by molar-refractivity contribution is 5.41. The minimum atomic E-state index is -2.95. The predicted octanol–water partition coefficient (Wildman–Crippen LogP) is 2.70. The van der Waals surface area contributed by atoms with Crippen LogP contribution in [0.15, 0.2) is 76.4 Å². The molecule has 12 heteroatoms. The van der Waals surface area contributed by atoms with Crippen molar-refractivity contribution in [2.75, 3.05) is 18.2 Å². The molecule has 0 fully saturated rings. The van der Waals surface area contributed by atoms with E-state index in [1.54, 1.807) is 49.7 Å². The largest absolute Gasteiger partial charge is 0.497 e. The molecule has 0 unspecified atom stereocenters. The number of ether oxygens (including phenoxy) is 2. The van der Waals surface area contributed by atoms with Crippen LogP contribution in [0.4, 0.5) is 20.5 Å². The van der Waals surface area contributed by atoms with Crippen LogP contribution in [-0.4, -0.2) is 32.8 Å². The summed E-state index contributed by atoms with van der Waals surface area (Å²) in [4.78, 5) is 34.5. The molecule has 0 radical (unpaired) electrons. The van der Waals surface area contributed by atoms with Crippen LogP contribution in [0.3, 0.4) is 0 Å². The van der Waals surface area contributed by atoms with Gasteiger partial charge in [0.1, 0.15) is 17.3 Å². The number of methoxy groups -OCH3 is 1. The quantitative estimate of drug-likeness (QED) is 0.334. The minimum Gasteiger partial charge on any atom is -0.497 e. The van der Waals surface area contributed by atoms with Gasteiger partial charge in [-0.25, -0.2) is 19.1 Å². The first-order chi connectivity index (χ1) is 17.8. The van der Waals surface area contributed by atoms with E-state index in [2.05, 4.69) is 20.0 Å². The third-order valence-corrected chi connectivity index (χ3v) is 5.50. The summed E-state index contributed by atoms with van der Waals surface area (Å²) >= 11 is 0. The van der Waals surface area contributed by atoms with Crippen molar-refractivity contribution in [2.45, 2.75) is 26.2 Å². The van der Waals surface area contributed by atoms with E-state index in [-0.39, 0.29) is 31.3 Å². The molecular formula is C25H24F2N6O4. The van der Waals surface area contributed by atoms with Crippen molar-refractivity contribution < 1.29 is 18.3 Å². The molecule has 2 aromatic heterocycles. The fourth-order valence-electron chi connectivity index (χ4n) is 3.59. The highest BCUT2D eigenvalue weighted by Crippen LogP contribution is 2.16. The summed E-state index contributed by atoms with van der Waals surface area (Å²) in [6.45, 7) is -2.77. The van der Waals surface area contributed by atoms with Gasteiger partial charge in [-0.3, -0.25) is 4.57 Å². The Labute approximate surface area is 209 Å². The maximum absolute atomic E-state index is 13.5. The lowest BCUT2D eigenvalue weighted by molar-refractivity contribution is -0.0498. The Morgan fingerprint density at radius 2 is 1.57 bits per heavy atom. The smallest absolute Gasteiger partial charge is 0.387 e. The first-order valence-electron chi connectivity index (χ1n) is 11.2. The molecule has 0 aliphatic carbocycles. The van der Waals surface area contributed by atoms with Crippen molar-refractivity contribution in [3.8, 4) is 11.5 Å². The molecule has 4 rings (SSSR count). The normalized spacial score (nSPS) is 10.9. The van der Waals surface area contributed by atoms with Gasteiger partial charge in [-0.15, -0.1) is 0 Å². The number of alkyl halides is 2. The van der Waals surface area contributed by atoms with E-state index in [4.69, 9.17) is 10.5 Å². The van der Waals surface area contributed by atoms with Crippen LogP contribution in [0.5, 0.6) is 11.5 Å². The van der Waals surface area contributed by atoms with Gasteiger partial charge in [0.2, 0.25) is 5.95 Å². The molecule has 0 amide bonds. The molecule has 2 aromatic carbocycles. The summed E-state index contributed by atoms with van der Waals surface area (Å²) in [6, 6.07) is 16.3. The number of nitrogens with one attached hydrogen (secondary N) is 1. The van der Waals surface area contributed by atoms with Gasteiger partial charge in [-0.05, 0) is 41.5 Å². The Hall–Kier alpha value is -4.74. The number of aromatic nitrogens is 4. The molecule has 0 bridgehead atoms. The van der Waals surface area contributed by atoms with Gasteiger partial charge in [0.15, 0.2) is 0 Å². The third kappa shape index (κ3) is 6.28. The Kier molecular flexibility index (Phi) is 7.77. The number of halogens is 2. The van der Waals surface area contributed by atoms with Crippen LogP contribution >= 0.6 is 0 Å². The van der Waals surface area contributed by atoms with Gasteiger partial charge < -0.3 is 20.5 Å². The average Bonchev–Trinajstić information content (AvgIpc) is 2.89. The second-order valence-electron chi connectivity index (χ2n) is 7.94. The fraction of sp³-hybridized carbons (Fsp3) is 0.200. The van der Waals surface area contributed by atoms with E-state index in [1.165, 1.54) is 28.8 Å². The molecule has 10 nitrogen and oxygen atoms in total. The number of hydrogen-bond donors (Lipinski definition) is 2. The summed E-state index contributed by atoms with van der Waals surface area (Å²) < 4.78 is 36.7. The van der Waals surface area contributed by atoms with E-state index in [1.807, 2.05) is 0 Å². The van der Waals surface area contributed by atoms with Crippen molar-refractivity contribution in [3.05, 3.63) is 105 Å². The predicted molar refractivity (Wildman–Crippen MR) is 133 cm³/mol. The van der Waals surface area contributed by atoms with Gasteiger partial charge in [0.25, 0.3) is 0 Å². The second kappa shape index (κ2) is 11.3. The maximum atomic E-state index is 13.5. The van der Waals surface area contributed by atoms with Crippen LogP contribution in [0.2, 0.25) is 0 Å². The van der Waals surface area contributed by atoms with E-state index in [0.717, 1.165) is 10.1 Å². The van der Waals surface area contributed by atoms with E-state index < -0.39 is 18.0 Å². The monoisotopic (exact) mass is 510 g/mol. The summed E-state index contributed by atoms with van der Waals surface area (Å²) in [6.07, 6.45) is 1.56. The molecule has 192 valence electrons. The molecule has 37 heavy (non-hydrogen) atoms.